The number of aliphatic imine (C=N–C) groups is 1. The quantitative estimate of drug-likeness (QED) is 0.528. The van der Waals surface area contributed by atoms with E-state index in [1.807, 2.05) is 48.9 Å². The Balaban J connectivity index is 1.39. The molecular formula is C24H37N7O. The van der Waals surface area contributed by atoms with Gasteiger partial charge in [0.15, 0.2) is 11.8 Å². The van der Waals surface area contributed by atoms with Crippen LogP contribution in [0.15, 0.2) is 35.3 Å². The van der Waals surface area contributed by atoms with Crippen molar-refractivity contribution in [3.05, 3.63) is 42.0 Å². The molecule has 2 fully saturated rings. The van der Waals surface area contributed by atoms with E-state index < -0.39 is 0 Å². The lowest BCUT2D eigenvalue weighted by atomic mass is 10.1. The molecule has 1 atom stereocenters. The lowest BCUT2D eigenvalue weighted by Crippen LogP contribution is -2.50. The number of benzene rings is 1. The fraction of sp³-hybridized carbons (Fsp3) is 0.625. The summed E-state index contributed by atoms with van der Waals surface area (Å²) in [5, 5.41) is 12.2. The summed E-state index contributed by atoms with van der Waals surface area (Å²) >= 11 is 0. The van der Waals surface area contributed by atoms with E-state index in [1.54, 1.807) is 0 Å². The van der Waals surface area contributed by atoms with Gasteiger partial charge in [0.2, 0.25) is 0 Å². The number of aryl methyl sites for hydroxylation is 1. The van der Waals surface area contributed by atoms with Gasteiger partial charge in [-0.1, -0.05) is 25.1 Å². The number of hydrogen-bond acceptors (Lipinski definition) is 5. The van der Waals surface area contributed by atoms with Crippen LogP contribution in [-0.2, 0) is 13.6 Å². The molecule has 32 heavy (non-hydrogen) atoms. The topological polar surface area (TPSA) is 70.8 Å². The standard InChI is InChI=1S/C24H37N7O/c1-4-30-14-8-9-20(30)17-25-24(26-18-23-28-27-19(2)29(23)3)31-15-12-22(13-16-31)32-21-10-6-5-7-11-21/h5-7,10-11,20,22H,4,8-9,12-18H2,1-3H3,(H,25,26). The highest BCUT2D eigenvalue weighted by molar-refractivity contribution is 5.80. The molecule has 4 rings (SSSR count). The van der Waals surface area contributed by atoms with E-state index in [-0.39, 0.29) is 6.10 Å². The van der Waals surface area contributed by atoms with E-state index in [0.717, 1.165) is 62.4 Å². The minimum atomic E-state index is 0.252. The third-order valence-electron chi connectivity index (χ3n) is 6.74. The first-order valence-corrected chi connectivity index (χ1v) is 12.0. The molecule has 8 nitrogen and oxygen atoms in total. The molecule has 0 aliphatic carbocycles. The molecular weight excluding hydrogens is 402 g/mol. The van der Waals surface area contributed by atoms with Crippen molar-refractivity contribution < 1.29 is 4.74 Å². The van der Waals surface area contributed by atoms with Crippen LogP contribution in [0.25, 0.3) is 0 Å². The van der Waals surface area contributed by atoms with Crippen LogP contribution in [0, 0.1) is 6.92 Å². The molecule has 0 spiro atoms. The number of likely N-dealkylation sites (tertiary alicyclic amines) is 2. The Morgan fingerprint density at radius 2 is 1.91 bits per heavy atom. The van der Waals surface area contributed by atoms with E-state index in [9.17, 15) is 0 Å². The molecule has 1 unspecified atom stereocenters. The largest absolute Gasteiger partial charge is 0.490 e. The molecule has 2 saturated heterocycles. The Hall–Kier alpha value is -2.61. The van der Waals surface area contributed by atoms with Crippen LogP contribution in [0.4, 0.5) is 0 Å². The van der Waals surface area contributed by atoms with Gasteiger partial charge in [-0.15, -0.1) is 10.2 Å². The highest BCUT2D eigenvalue weighted by Crippen LogP contribution is 2.20. The Kier molecular flexibility index (Phi) is 7.63. The molecule has 174 valence electrons. The van der Waals surface area contributed by atoms with Crippen molar-refractivity contribution in [3.63, 3.8) is 0 Å². The molecule has 0 amide bonds. The van der Waals surface area contributed by atoms with E-state index in [2.05, 4.69) is 32.2 Å². The highest BCUT2D eigenvalue weighted by atomic mass is 16.5. The SMILES string of the molecule is CCN1CCCC1CNC(=NCc1nnc(C)n1C)N1CCC(Oc2ccccc2)CC1. The molecule has 1 N–H and O–H groups in total. The Bertz CT molecular complexity index is 874. The van der Waals surface area contributed by atoms with Crippen LogP contribution in [0.1, 0.15) is 44.3 Å². The maximum atomic E-state index is 6.19. The molecule has 0 bridgehead atoms. The van der Waals surface area contributed by atoms with E-state index in [4.69, 9.17) is 9.73 Å². The summed E-state index contributed by atoms with van der Waals surface area (Å²) in [5.74, 6) is 3.73. The van der Waals surface area contributed by atoms with E-state index >= 15 is 0 Å². The number of ether oxygens (including phenoxy) is 1. The molecule has 0 saturated carbocycles. The minimum Gasteiger partial charge on any atom is -0.490 e. The summed E-state index contributed by atoms with van der Waals surface area (Å²) in [6.45, 7) is 9.87. The van der Waals surface area contributed by atoms with Crippen molar-refractivity contribution in [1.29, 1.82) is 0 Å². The predicted octanol–water partition coefficient (Wildman–Crippen LogP) is 2.60. The van der Waals surface area contributed by atoms with Crippen molar-refractivity contribution >= 4 is 5.96 Å². The molecule has 1 aromatic heterocycles. The maximum Gasteiger partial charge on any atom is 0.194 e. The summed E-state index contributed by atoms with van der Waals surface area (Å²) in [5.41, 5.74) is 0. The van der Waals surface area contributed by atoms with Crippen LogP contribution in [0.2, 0.25) is 0 Å². The van der Waals surface area contributed by atoms with E-state index in [0.29, 0.717) is 12.6 Å². The first-order valence-electron chi connectivity index (χ1n) is 12.0. The third kappa shape index (κ3) is 5.59. The van der Waals surface area contributed by atoms with Crippen LogP contribution in [0.3, 0.4) is 0 Å². The number of aromatic nitrogens is 3. The summed E-state index contributed by atoms with van der Waals surface area (Å²) < 4.78 is 8.20. The molecule has 2 aromatic rings. The second kappa shape index (κ2) is 10.8. The van der Waals surface area contributed by atoms with Crippen molar-refractivity contribution in [1.82, 2.24) is 29.9 Å². The first kappa shape index (κ1) is 22.6. The summed E-state index contributed by atoms with van der Waals surface area (Å²) in [6, 6.07) is 10.7. The van der Waals surface area contributed by atoms with E-state index in [1.165, 1.54) is 19.4 Å². The Morgan fingerprint density at radius 3 is 2.59 bits per heavy atom. The highest BCUT2D eigenvalue weighted by Gasteiger charge is 2.26. The zero-order chi connectivity index (χ0) is 22.3. The van der Waals surface area contributed by atoms with Gasteiger partial charge in [0, 0.05) is 45.6 Å². The number of nitrogens with one attached hydrogen (secondary N) is 1. The summed E-state index contributed by atoms with van der Waals surface area (Å²) in [6.07, 6.45) is 4.77. The second-order valence-corrected chi connectivity index (χ2v) is 8.79. The number of nitrogens with zero attached hydrogens (tertiary/aromatic N) is 6. The summed E-state index contributed by atoms with van der Waals surface area (Å²) in [4.78, 5) is 9.90. The van der Waals surface area contributed by atoms with Gasteiger partial charge >= 0.3 is 0 Å². The number of hydrogen-bond donors (Lipinski definition) is 1. The first-order chi connectivity index (χ1) is 15.6. The van der Waals surface area contributed by atoms with Gasteiger partial charge in [-0.05, 0) is 45.0 Å². The summed E-state index contributed by atoms with van der Waals surface area (Å²) in [7, 11) is 2.00. The van der Waals surface area contributed by atoms with Crippen molar-refractivity contribution in [2.45, 2.75) is 58.2 Å². The van der Waals surface area contributed by atoms with Crippen LogP contribution < -0.4 is 10.1 Å². The van der Waals surface area contributed by atoms with Gasteiger partial charge < -0.3 is 19.5 Å². The fourth-order valence-electron chi connectivity index (χ4n) is 4.63. The van der Waals surface area contributed by atoms with Gasteiger partial charge in [0.05, 0.1) is 0 Å². The molecule has 3 heterocycles. The van der Waals surface area contributed by atoms with Gasteiger partial charge in [0.25, 0.3) is 0 Å². The third-order valence-corrected chi connectivity index (χ3v) is 6.74. The lowest BCUT2D eigenvalue weighted by molar-refractivity contribution is 0.129. The normalized spacial score (nSPS) is 20.7. The molecule has 1 aromatic carbocycles. The van der Waals surface area contributed by atoms with Crippen molar-refractivity contribution in [2.75, 3.05) is 32.7 Å². The Labute approximate surface area is 191 Å². The predicted molar refractivity (Wildman–Crippen MR) is 127 cm³/mol. The van der Waals surface area contributed by atoms with Crippen LogP contribution >= 0.6 is 0 Å². The Morgan fingerprint density at radius 1 is 1.12 bits per heavy atom. The van der Waals surface area contributed by atoms with Gasteiger partial charge in [-0.3, -0.25) is 4.90 Å². The number of rotatable bonds is 7. The monoisotopic (exact) mass is 439 g/mol. The molecule has 2 aliphatic heterocycles. The smallest absolute Gasteiger partial charge is 0.194 e. The number of para-hydroxylation sites is 1. The van der Waals surface area contributed by atoms with Crippen molar-refractivity contribution in [2.24, 2.45) is 12.0 Å². The lowest BCUT2D eigenvalue weighted by Gasteiger charge is -2.35. The van der Waals surface area contributed by atoms with Gasteiger partial charge in [-0.25, -0.2) is 4.99 Å². The average molecular weight is 440 g/mol. The zero-order valence-electron chi connectivity index (χ0n) is 19.7. The molecule has 2 aliphatic rings. The number of guanidine groups is 1. The zero-order valence-corrected chi connectivity index (χ0v) is 19.7. The molecule has 8 heteroatoms. The molecule has 0 radical (unpaired) electrons. The average Bonchev–Trinajstić information content (AvgIpc) is 3.41. The van der Waals surface area contributed by atoms with Crippen LogP contribution in [0.5, 0.6) is 5.75 Å². The maximum absolute atomic E-state index is 6.19. The minimum absolute atomic E-state index is 0.252. The van der Waals surface area contributed by atoms with Crippen molar-refractivity contribution in [3.8, 4) is 5.75 Å². The van der Waals surface area contributed by atoms with Gasteiger partial charge in [-0.2, -0.15) is 0 Å². The van der Waals surface area contributed by atoms with Crippen LogP contribution in [-0.4, -0.2) is 75.4 Å². The number of likely N-dealkylation sites (N-methyl/N-ethyl adjacent to an activating group) is 1. The number of piperidine rings is 1. The fourth-order valence-corrected chi connectivity index (χ4v) is 4.63. The second-order valence-electron chi connectivity index (χ2n) is 8.79. The van der Waals surface area contributed by atoms with Gasteiger partial charge in [0.1, 0.15) is 24.2 Å².